The number of nitrogens with one attached hydrogen (secondary N) is 2. The highest BCUT2D eigenvalue weighted by molar-refractivity contribution is 5.44. The third-order valence-corrected chi connectivity index (χ3v) is 3.57. The Balaban J connectivity index is 2.29. The first-order valence-corrected chi connectivity index (χ1v) is 6.56. The van der Waals surface area contributed by atoms with Crippen molar-refractivity contribution in [2.45, 2.75) is 39.3 Å². The van der Waals surface area contributed by atoms with Crippen LogP contribution in [0.1, 0.15) is 36.6 Å². The first kappa shape index (κ1) is 13.4. The molecule has 0 radical (unpaired) electrons. The lowest BCUT2D eigenvalue weighted by Gasteiger charge is -2.38. The molecular weight excluding hydrogens is 224 g/mol. The van der Waals surface area contributed by atoms with Gasteiger partial charge in [-0.3, -0.25) is 0 Å². The largest absolute Gasteiger partial charge is 0.496 e. The summed E-state index contributed by atoms with van der Waals surface area (Å²) in [5.41, 5.74) is 3.89. The molecule has 0 spiro atoms. The SMILES string of the molecule is COc1c(C)cc(C2CNCC(C)(C)N2)cc1C. The first-order chi connectivity index (χ1) is 8.43. The van der Waals surface area contributed by atoms with E-state index in [1.54, 1.807) is 7.11 Å². The Kier molecular flexibility index (Phi) is 3.64. The average molecular weight is 248 g/mol. The molecule has 1 atom stereocenters. The highest BCUT2D eigenvalue weighted by Crippen LogP contribution is 2.28. The topological polar surface area (TPSA) is 33.3 Å². The maximum atomic E-state index is 5.42. The van der Waals surface area contributed by atoms with E-state index >= 15 is 0 Å². The van der Waals surface area contributed by atoms with Gasteiger partial charge in [0.05, 0.1) is 7.11 Å². The van der Waals surface area contributed by atoms with Crippen LogP contribution < -0.4 is 15.4 Å². The maximum absolute atomic E-state index is 5.42. The van der Waals surface area contributed by atoms with Gasteiger partial charge >= 0.3 is 0 Å². The van der Waals surface area contributed by atoms with Gasteiger partial charge in [-0.05, 0) is 44.4 Å². The summed E-state index contributed by atoms with van der Waals surface area (Å²) in [6, 6.07) is 4.83. The number of rotatable bonds is 2. The second-order valence-electron chi connectivity index (χ2n) is 5.90. The zero-order chi connectivity index (χ0) is 13.3. The van der Waals surface area contributed by atoms with E-state index in [4.69, 9.17) is 4.74 Å². The van der Waals surface area contributed by atoms with Gasteiger partial charge in [-0.25, -0.2) is 0 Å². The number of hydrogen-bond donors (Lipinski definition) is 2. The van der Waals surface area contributed by atoms with E-state index in [-0.39, 0.29) is 5.54 Å². The summed E-state index contributed by atoms with van der Waals surface area (Å²) in [6.45, 7) is 10.7. The van der Waals surface area contributed by atoms with Crippen molar-refractivity contribution in [2.75, 3.05) is 20.2 Å². The molecule has 0 saturated carbocycles. The summed E-state index contributed by atoms with van der Waals surface area (Å²) >= 11 is 0. The van der Waals surface area contributed by atoms with Gasteiger partial charge in [-0.15, -0.1) is 0 Å². The summed E-state index contributed by atoms with van der Waals surface area (Å²) in [6.07, 6.45) is 0. The third-order valence-electron chi connectivity index (χ3n) is 3.57. The molecule has 0 aromatic heterocycles. The molecule has 1 heterocycles. The van der Waals surface area contributed by atoms with Gasteiger partial charge in [-0.1, -0.05) is 12.1 Å². The molecule has 1 aromatic rings. The van der Waals surface area contributed by atoms with Crippen LogP contribution in [0.25, 0.3) is 0 Å². The zero-order valence-corrected chi connectivity index (χ0v) is 12.1. The van der Waals surface area contributed by atoms with Crippen molar-refractivity contribution in [1.82, 2.24) is 10.6 Å². The van der Waals surface area contributed by atoms with Crippen molar-refractivity contribution in [2.24, 2.45) is 0 Å². The summed E-state index contributed by atoms with van der Waals surface area (Å²) in [5, 5.41) is 7.19. The monoisotopic (exact) mass is 248 g/mol. The molecule has 1 fully saturated rings. The molecule has 0 amide bonds. The summed E-state index contributed by atoms with van der Waals surface area (Å²) in [7, 11) is 1.73. The molecule has 2 N–H and O–H groups in total. The van der Waals surface area contributed by atoms with Crippen LogP contribution in [0.3, 0.4) is 0 Å². The molecule has 18 heavy (non-hydrogen) atoms. The molecule has 0 aliphatic carbocycles. The Morgan fingerprint density at radius 2 is 1.83 bits per heavy atom. The van der Waals surface area contributed by atoms with Crippen molar-refractivity contribution in [3.8, 4) is 5.75 Å². The van der Waals surface area contributed by atoms with E-state index in [2.05, 4.69) is 50.5 Å². The molecule has 3 nitrogen and oxygen atoms in total. The molecule has 3 heteroatoms. The normalized spacial score (nSPS) is 22.8. The predicted molar refractivity (Wildman–Crippen MR) is 75.3 cm³/mol. The van der Waals surface area contributed by atoms with Gasteiger partial charge in [0.15, 0.2) is 0 Å². The fraction of sp³-hybridized carbons (Fsp3) is 0.600. The average Bonchev–Trinajstić information content (AvgIpc) is 2.27. The highest BCUT2D eigenvalue weighted by Gasteiger charge is 2.27. The lowest BCUT2D eigenvalue weighted by molar-refractivity contribution is 0.264. The number of benzene rings is 1. The van der Waals surface area contributed by atoms with E-state index in [1.165, 1.54) is 16.7 Å². The van der Waals surface area contributed by atoms with Crippen molar-refractivity contribution in [3.63, 3.8) is 0 Å². The van der Waals surface area contributed by atoms with E-state index in [9.17, 15) is 0 Å². The second kappa shape index (κ2) is 4.90. The van der Waals surface area contributed by atoms with E-state index < -0.39 is 0 Å². The molecule has 1 unspecified atom stereocenters. The Hall–Kier alpha value is -1.06. The molecule has 1 aliphatic heterocycles. The lowest BCUT2D eigenvalue weighted by Crippen LogP contribution is -2.56. The van der Waals surface area contributed by atoms with Crippen LogP contribution in [0.2, 0.25) is 0 Å². The van der Waals surface area contributed by atoms with Gasteiger partial charge in [0, 0.05) is 24.7 Å². The number of aryl methyl sites for hydroxylation is 2. The fourth-order valence-electron chi connectivity index (χ4n) is 2.81. The summed E-state index contributed by atoms with van der Waals surface area (Å²) in [5.74, 6) is 1.00. The minimum atomic E-state index is 0.144. The van der Waals surface area contributed by atoms with Crippen molar-refractivity contribution < 1.29 is 4.74 Å². The number of methoxy groups -OCH3 is 1. The Bertz CT molecular complexity index is 417. The molecule has 1 saturated heterocycles. The number of hydrogen-bond acceptors (Lipinski definition) is 3. The van der Waals surface area contributed by atoms with Gasteiger partial charge in [0.25, 0.3) is 0 Å². The van der Waals surface area contributed by atoms with Gasteiger partial charge < -0.3 is 15.4 Å². The second-order valence-corrected chi connectivity index (χ2v) is 5.90. The number of ether oxygens (including phenoxy) is 1. The van der Waals surface area contributed by atoms with E-state index in [1.807, 2.05) is 0 Å². The van der Waals surface area contributed by atoms with Crippen molar-refractivity contribution >= 4 is 0 Å². The maximum Gasteiger partial charge on any atom is 0.124 e. The number of piperazine rings is 1. The van der Waals surface area contributed by atoms with Gasteiger partial charge in [0.2, 0.25) is 0 Å². The molecule has 2 rings (SSSR count). The predicted octanol–water partition coefficient (Wildman–Crippen LogP) is 2.32. The molecule has 1 aliphatic rings. The van der Waals surface area contributed by atoms with Gasteiger partial charge in [0.1, 0.15) is 5.75 Å². The molecule has 1 aromatic carbocycles. The molecular formula is C15H24N2O. The third kappa shape index (κ3) is 2.68. The smallest absolute Gasteiger partial charge is 0.124 e. The summed E-state index contributed by atoms with van der Waals surface area (Å²) < 4.78 is 5.42. The first-order valence-electron chi connectivity index (χ1n) is 6.56. The quantitative estimate of drug-likeness (QED) is 0.842. The van der Waals surface area contributed by atoms with E-state index in [0.29, 0.717) is 6.04 Å². The Morgan fingerprint density at radius 1 is 1.22 bits per heavy atom. The molecule has 0 bridgehead atoms. The summed E-state index contributed by atoms with van der Waals surface area (Å²) in [4.78, 5) is 0. The minimum absolute atomic E-state index is 0.144. The van der Waals surface area contributed by atoms with Crippen LogP contribution in [0, 0.1) is 13.8 Å². The van der Waals surface area contributed by atoms with Crippen LogP contribution in [0.5, 0.6) is 5.75 Å². The molecule has 100 valence electrons. The Labute approximate surface area is 110 Å². The van der Waals surface area contributed by atoms with Crippen molar-refractivity contribution in [3.05, 3.63) is 28.8 Å². The van der Waals surface area contributed by atoms with E-state index in [0.717, 1.165) is 18.8 Å². The van der Waals surface area contributed by atoms with Crippen LogP contribution >= 0.6 is 0 Å². The standard InChI is InChI=1S/C15H24N2O/c1-10-6-12(7-11(2)14(10)18-5)13-8-16-9-15(3,4)17-13/h6-7,13,16-17H,8-9H2,1-5H3. The Morgan fingerprint density at radius 3 is 2.33 bits per heavy atom. The van der Waals surface area contributed by atoms with Crippen LogP contribution in [0.4, 0.5) is 0 Å². The fourth-order valence-corrected chi connectivity index (χ4v) is 2.81. The lowest BCUT2D eigenvalue weighted by atomic mass is 9.94. The highest BCUT2D eigenvalue weighted by atomic mass is 16.5. The van der Waals surface area contributed by atoms with Crippen LogP contribution in [-0.2, 0) is 0 Å². The van der Waals surface area contributed by atoms with Crippen LogP contribution in [-0.4, -0.2) is 25.7 Å². The van der Waals surface area contributed by atoms with Crippen molar-refractivity contribution in [1.29, 1.82) is 0 Å². The van der Waals surface area contributed by atoms with Crippen LogP contribution in [0.15, 0.2) is 12.1 Å². The van der Waals surface area contributed by atoms with Gasteiger partial charge in [-0.2, -0.15) is 0 Å². The zero-order valence-electron chi connectivity index (χ0n) is 12.1. The minimum Gasteiger partial charge on any atom is -0.496 e.